The van der Waals surface area contributed by atoms with Gasteiger partial charge >= 0.3 is 0 Å². The summed E-state index contributed by atoms with van der Waals surface area (Å²) < 4.78 is 12.5. The summed E-state index contributed by atoms with van der Waals surface area (Å²) in [5.41, 5.74) is 3.09. The van der Waals surface area contributed by atoms with Crippen molar-refractivity contribution in [2.75, 3.05) is 36.5 Å². The minimum absolute atomic E-state index is 0.591. The fraction of sp³-hybridized carbons (Fsp3) is 0.238. The van der Waals surface area contributed by atoms with E-state index in [-0.39, 0.29) is 0 Å². The molecule has 1 saturated heterocycles. The molecule has 0 spiro atoms. The first-order valence-corrected chi connectivity index (χ1v) is 10.1. The summed E-state index contributed by atoms with van der Waals surface area (Å²) in [5.74, 6) is 1.74. The lowest BCUT2D eigenvalue weighted by Gasteiger charge is -2.31. The van der Waals surface area contributed by atoms with Gasteiger partial charge in [-0.3, -0.25) is 0 Å². The number of hydrogen-bond donors (Lipinski definition) is 1. The van der Waals surface area contributed by atoms with Crippen molar-refractivity contribution in [3.63, 3.8) is 0 Å². The van der Waals surface area contributed by atoms with E-state index in [1.54, 1.807) is 0 Å². The third-order valence-electron chi connectivity index (χ3n) is 4.56. The zero-order valence-electron chi connectivity index (χ0n) is 14.8. The molecule has 0 aliphatic carbocycles. The predicted molar refractivity (Wildman–Crippen MR) is 114 cm³/mol. The number of morpholine rings is 1. The number of nitrogens with one attached hydrogen (secondary N) is 1. The molecule has 2 heterocycles. The van der Waals surface area contributed by atoms with Crippen LogP contribution in [0.15, 0.2) is 63.5 Å². The van der Waals surface area contributed by atoms with Crippen molar-refractivity contribution in [1.29, 1.82) is 0 Å². The fourth-order valence-corrected chi connectivity index (χ4v) is 3.75. The van der Waals surface area contributed by atoms with E-state index in [1.807, 2.05) is 48.5 Å². The van der Waals surface area contributed by atoms with Crippen molar-refractivity contribution in [3.8, 4) is 11.3 Å². The monoisotopic (exact) mass is 446 g/mol. The van der Waals surface area contributed by atoms with Crippen LogP contribution >= 0.6 is 27.5 Å². The lowest BCUT2D eigenvalue weighted by Crippen LogP contribution is -2.36. The molecule has 140 valence electrons. The average molecular weight is 448 g/mol. The van der Waals surface area contributed by atoms with Crippen LogP contribution in [0.3, 0.4) is 0 Å². The zero-order chi connectivity index (χ0) is 18.6. The highest BCUT2D eigenvalue weighted by Gasteiger charge is 2.18. The van der Waals surface area contributed by atoms with Gasteiger partial charge in [0.15, 0.2) is 0 Å². The molecule has 1 aliphatic rings. The van der Waals surface area contributed by atoms with Gasteiger partial charge in [-0.1, -0.05) is 45.7 Å². The van der Waals surface area contributed by atoms with Crippen molar-refractivity contribution < 1.29 is 9.15 Å². The van der Waals surface area contributed by atoms with Crippen molar-refractivity contribution in [1.82, 2.24) is 0 Å². The Bertz CT molecular complexity index is 905. The van der Waals surface area contributed by atoms with Gasteiger partial charge in [-0.05, 0) is 36.4 Å². The minimum atomic E-state index is 0.591. The fourth-order valence-electron chi connectivity index (χ4n) is 3.19. The van der Waals surface area contributed by atoms with E-state index in [0.717, 1.165) is 64.3 Å². The van der Waals surface area contributed by atoms with E-state index in [9.17, 15) is 0 Å². The zero-order valence-corrected chi connectivity index (χ0v) is 17.1. The number of benzene rings is 2. The summed E-state index contributed by atoms with van der Waals surface area (Å²) in [7, 11) is 0. The van der Waals surface area contributed by atoms with Crippen molar-refractivity contribution in [3.05, 3.63) is 69.9 Å². The molecule has 1 fully saturated rings. The van der Waals surface area contributed by atoms with Crippen LogP contribution in [-0.4, -0.2) is 26.3 Å². The summed E-state index contributed by atoms with van der Waals surface area (Å²) in [4.78, 5) is 2.27. The van der Waals surface area contributed by atoms with Gasteiger partial charge in [0.05, 0.1) is 36.2 Å². The Balaban J connectivity index is 1.49. The van der Waals surface area contributed by atoms with Crippen LogP contribution in [0, 0.1) is 0 Å². The van der Waals surface area contributed by atoms with E-state index in [4.69, 9.17) is 20.8 Å². The molecule has 0 unspecified atom stereocenters. The Labute approximate surface area is 172 Å². The molecule has 1 aliphatic heterocycles. The van der Waals surface area contributed by atoms with Gasteiger partial charge in [0.2, 0.25) is 0 Å². The lowest BCUT2D eigenvalue weighted by molar-refractivity contribution is 0.123. The number of furan rings is 1. The lowest BCUT2D eigenvalue weighted by atomic mass is 10.2. The van der Waals surface area contributed by atoms with Crippen LogP contribution in [0.2, 0.25) is 5.02 Å². The maximum Gasteiger partial charge on any atom is 0.134 e. The molecule has 0 atom stereocenters. The second kappa shape index (κ2) is 8.38. The highest BCUT2D eigenvalue weighted by atomic mass is 79.9. The minimum Gasteiger partial charge on any atom is -0.459 e. The highest BCUT2D eigenvalue weighted by Crippen LogP contribution is 2.35. The molecular weight excluding hydrogens is 428 g/mol. The second-order valence-corrected chi connectivity index (χ2v) is 7.68. The number of rotatable bonds is 5. The Hall–Kier alpha value is -1.95. The molecule has 2 aromatic carbocycles. The van der Waals surface area contributed by atoms with Crippen LogP contribution in [0.25, 0.3) is 11.3 Å². The Morgan fingerprint density at radius 3 is 2.56 bits per heavy atom. The first kappa shape index (κ1) is 18.4. The van der Waals surface area contributed by atoms with Gasteiger partial charge in [0.25, 0.3) is 0 Å². The van der Waals surface area contributed by atoms with E-state index >= 15 is 0 Å². The number of anilines is 2. The van der Waals surface area contributed by atoms with E-state index in [2.05, 4.69) is 32.2 Å². The van der Waals surface area contributed by atoms with Crippen LogP contribution in [0.5, 0.6) is 0 Å². The number of halogens is 2. The standard InChI is InChI=1S/C21H20BrClN2O2/c22-16-6-4-15(5-7-16)20-9-8-17(27-20)14-24-19-3-1-2-18(23)21(19)25-10-12-26-13-11-25/h1-9,24H,10-14H2. The highest BCUT2D eigenvalue weighted by molar-refractivity contribution is 9.10. The maximum atomic E-state index is 6.49. The van der Waals surface area contributed by atoms with Gasteiger partial charge < -0.3 is 19.4 Å². The molecule has 4 nitrogen and oxygen atoms in total. The third-order valence-corrected chi connectivity index (χ3v) is 5.39. The van der Waals surface area contributed by atoms with Gasteiger partial charge in [-0.15, -0.1) is 0 Å². The molecule has 4 rings (SSSR count). The molecule has 3 aromatic rings. The topological polar surface area (TPSA) is 37.6 Å². The summed E-state index contributed by atoms with van der Waals surface area (Å²) in [5, 5.41) is 4.22. The maximum absolute atomic E-state index is 6.49. The average Bonchev–Trinajstić information content (AvgIpc) is 3.17. The molecule has 0 saturated carbocycles. The normalized spacial score (nSPS) is 14.4. The molecule has 27 heavy (non-hydrogen) atoms. The third kappa shape index (κ3) is 4.32. The second-order valence-electron chi connectivity index (χ2n) is 6.36. The smallest absolute Gasteiger partial charge is 0.134 e. The van der Waals surface area contributed by atoms with Crippen LogP contribution in [0.1, 0.15) is 5.76 Å². The molecule has 1 N–H and O–H groups in total. The first-order valence-electron chi connectivity index (χ1n) is 8.90. The number of nitrogens with zero attached hydrogens (tertiary/aromatic N) is 1. The van der Waals surface area contributed by atoms with E-state index in [0.29, 0.717) is 6.54 Å². The van der Waals surface area contributed by atoms with Crippen LogP contribution < -0.4 is 10.2 Å². The van der Waals surface area contributed by atoms with Gasteiger partial charge in [0.1, 0.15) is 11.5 Å². The van der Waals surface area contributed by atoms with Gasteiger partial charge in [-0.25, -0.2) is 0 Å². The largest absolute Gasteiger partial charge is 0.459 e. The summed E-state index contributed by atoms with van der Waals surface area (Å²) in [6.07, 6.45) is 0. The Morgan fingerprint density at radius 1 is 1.00 bits per heavy atom. The van der Waals surface area contributed by atoms with Gasteiger partial charge in [0, 0.05) is 23.1 Å². The van der Waals surface area contributed by atoms with Crippen LogP contribution in [-0.2, 0) is 11.3 Å². The predicted octanol–water partition coefficient (Wildman–Crippen LogP) is 5.81. The first-order chi connectivity index (χ1) is 13.2. The summed E-state index contributed by atoms with van der Waals surface area (Å²) >= 11 is 9.95. The van der Waals surface area contributed by atoms with Crippen molar-refractivity contribution in [2.45, 2.75) is 6.54 Å². The molecule has 1 aromatic heterocycles. The summed E-state index contributed by atoms with van der Waals surface area (Å²) in [6.45, 7) is 3.72. The number of ether oxygens (including phenoxy) is 1. The molecule has 0 bridgehead atoms. The number of hydrogen-bond acceptors (Lipinski definition) is 4. The number of para-hydroxylation sites is 1. The van der Waals surface area contributed by atoms with Gasteiger partial charge in [-0.2, -0.15) is 0 Å². The van der Waals surface area contributed by atoms with Crippen molar-refractivity contribution in [2.24, 2.45) is 0 Å². The molecule has 6 heteroatoms. The van der Waals surface area contributed by atoms with Crippen molar-refractivity contribution >= 4 is 38.9 Å². The molecule has 0 radical (unpaired) electrons. The SMILES string of the molecule is Clc1cccc(NCc2ccc(-c3ccc(Br)cc3)o2)c1N1CCOCC1. The summed E-state index contributed by atoms with van der Waals surface area (Å²) in [6, 6.07) is 18.0. The quantitative estimate of drug-likeness (QED) is 0.535. The Morgan fingerprint density at radius 2 is 1.78 bits per heavy atom. The molecular formula is C21H20BrClN2O2. The van der Waals surface area contributed by atoms with E-state index in [1.165, 1.54) is 0 Å². The Kier molecular flexibility index (Phi) is 5.72. The molecule has 0 amide bonds. The van der Waals surface area contributed by atoms with E-state index < -0.39 is 0 Å². The van der Waals surface area contributed by atoms with Crippen LogP contribution in [0.4, 0.5) is 11.4 Å².